The van der Waals surface area contributed by atoms with E-state index in [4.69, 9.17) is 4.74 Å². The van der Waals surface area contributed by atoms with Gasteiger partial charge < -0.3 is 4.74 Å². The Bertz CT molecular complexity index is 621. The Morgan fingerprint density at radius 1 is 0.808 bits per heavy atom. The van der Waals surface area contributed by atoms with Crippen molar-refractivity contribution in [3.63, 3.8) is 0 Å². The average Bonchev–Trinajstić information content (AvgIpc) is 2.69. The van der Waals surface area contributed by atoms with E-state index in [2.05, 4.69) is 59.9 Å². The number of aryl methyl sites for hydroxylation is 1. The molecular weight excluding hydrogens is 320 g/mol. The van der Waals surface area contributed by atoms with E-state index < -0.39 is 0 Å². The maximum absolute atomic E-state index is 5.61. The van der Waals surface area contributed by atoms with Gasteiger partial charge in [-0.15, -0.1) is 0 Å². The Balaban J connectivity index is 1.82. The first-order valence-electron chi connectivity index (χ1n) is 9.87. The van der Waals surface area contributed by atoms with Crippen molar-refractivity contribution in [2.24, 2.45) is 0 Å². The quantitative estimate of drug-likeness (QED) is 0.415. The average molecular weight is 351 g/mol. The zero-order chi connectivity index (χ0) is 18.5. The Kier molecular flexibility index (Phi) is 9.29. The van der Waals surface area contributed by atoms with Crippen molar-refractivity contribution in [2.45, 2.75) is 65.2 Å². The molecule has 0 atom stereocenters. The largest absolute Gasteiger partial charge is 0.490 e. The van der Waals surface area contributed by atoms with E-state index in [0.717, 1.165) is 18.4 Å². The first-order chi connectivity index (χ1) is 12.8. The van der Waals surface area contributed by atoms with Crippen molar-refractivity contribution in [3.05, 3.63) is 53.6 Å². The van der Waals surface area contributed by atoms with E-state index in [0.29, 0.717) is 18.2 Å². The molecule has 0 aliphatic carbocycles. The third-order valence-corrected chi connectivity index (χ3v) is 4.24. The normalized spacial score (nSPS) is 10.2. The van der Waals surface area contributed by atoms with Gasteiger partial charge in [-0.25, -0.2) is 9.97 Å². The summed E-state index contributed by atoms with van der Waals surface area (Å²) in [7, 11) is 0. The van der Waals surface area contributed by atoms with Crippen molar-refractivity contribution in [2.75, 3.05) is 6.61 Å². The molecule has 3 heteroatoms. The van der Waals surface area contributed by atoms with Crippen LogP contribution in [0.3, 0.4) is 0 Å². The van der Waals surface area contributed by atoms with Gasteiger partial charge in [0, 0.05) is 5.56 Å². The van der Waals surface area contributed by atoms with Crippen LogP contribution in [-0.2, 0) is 6.42 Å². The zero-order valence-electron chi connectivity index (χ0n) is 16.1. The highest BCUT2D eigenvalue weighted by Gasteiger charge is 1.97. The van der Waals surface area contributed by atoms with Crippen LogP contribution in [0.2, 0.25) is 0 Å². The maximum Gasteiger partial charge on any atom is 0.205 e. The fourth-order valence-electron chi connectivity index (χ4n) is 2.64. The summed E-state index contributed by atoms with van der Waals surface area (Å²) in [5.74, 6) is 7.37. The molecule has 0 fully saturated rings. The van der Waals surface area contributed by atoms with Gasteiger partial charge in [-0.05, 0) is 42.9 Å². The van der Waals surface area contributed by atoms with Gasteiger partial charge >= 0.3 is 0 Å². The summed E-state index contributed by atoms with van der Waals surface area (Å²) in [5.41, 5.74) is 2.37. The summed E-state index contributed by atoms with van der Waals surface area (Å²) in [4.78, 5) is 8.52. The number of hydrogen-bond donors (Lipinski definition) is 0. The number of aromatic nitrogens is 2. The lowest BCUT2D eigenvalue weighted by molar-refractivity contribution is 0.304. The second kappa shape index (κ2) is 12.1. The van der Waals surface area contributed by atoms with E-state index in [1.807, 2.05) is 0 Å². The van der Waals surface area contributed by atoms with E-state index in [1.165, 1.54) is 44.1 Å². The van der Waals surface area contributed by atoms with Gasteiger partial charge in [0.2, 0.25) is 5.82 Å². The SMILES string of the molecule is CCCCCCc1ccc(C#Cc2ncc(OCCCCC)cn2)cc1. The second-order valence-corrected chi connectivity index (χ2v) is 6.56. The molecule has 0 N–H and O–H groups in total. The van der Waals surface area contributed by atoms with Crippen molar-refractivity contribution >= 4 is 0 Å². The van der Waals surface area contributed by atoms with Gasteiger partial charge in [-0.1, -0.05) is 64.0 Å². The molecular formula is C23H30N2O. The first-order valence-corrected chi connectivity index (χ1v) is 9.87. The number of hydrogen-bond acceptors (Lipinski definition) is 3. The molecule has 2 rings (SSSR count). The molecule has 0 bridgehead atoms. The number of rotatable bonds is 10. The standard InChI is InChI=1S/C23H30N2O/c1-3-5-7-8-10-20-11-13-21(14-12-20)15-16-23-24-18-22(19-25-23)26-17-9-6-4-2/h11-14,18-19H,3-10,17H2,1-2H3. The van der Waals surface area contributed by atoms with Crippen LogP contribution in [0.1, 0.15) is 75.7 Å². The van der Waals surface area contributed by atoms with Gasteiger partial charge in [-0.3, -0.25) is 0 Å². The number of unbranched alkanes of at least 4 members (excludes halogenated alkanes) is 5. The summed E-state index contributed by atoms with van der Waals surface area (Å²) in [6.45, 7) is 5.14. The van der Waals surface area contributed by atoms with E-state index in [9.17, 15) is 0 Å². The molecule has 0 saturated heterocycles. The number of nitrogens with zero attached hydrogens (tertiary/aromatic N) is 2. The van der Waals surface area contributed by atoms with Crippen molar-refractivity contribution < 1.29 is 4.74 Å². The lowest BCUT2D eigenvalue weighted by Gasteiger charge is -2.03. The molecule has 1 heterocycles. The molecule has 0 radical (unpaired) electrons. The first kappa shape index (κ1) is 20.0. The second-order valence-electron chi connectivity index (χ2n) is 6.56. The van der Waals surface area contributed by atoms with Crippen LogP contribution in [0.15, 0.2) is 36.7 Å². The smallest absolute Gasteiger partial charge is 0.205 e. The van der Waals surface area contributed by atoms with E-state index >= 15 is 0 Å². The van der Waals surface area contributed by atoms with Gasteiger partial charge in [0.05, 0.1) is 19.0 Å². The Morgan fingerprint density at radius 2 is 1.50 bits per heavy atom. The predicted molar refractivity (Wildman–Crippen MR) is 107 cm³/mol. The molecule has 0 amide bonds. The van der Waals surface area contributed by atoms with E-state index in [1.54, 1.807) is 12.4 Å². The highest BCUT2D eigenvalue weighted by atomic mass is 16.5. The van der Waals surface area contributed by atoms with Gasteiger partial charge in [0.25, 0.3) is 0 Å². The number of benzene rings is 1. The molecule has 1 aromatic heterocycles. The maximum atomic E-state index is 5.61. The Labute approximate surface area is 158 Å². The fraction of sp³-hybridized carbons (Fsp3) is 0.478. The molecule has 0 aliphatic heterocycles. The fourth-order valence-corrected chi connectivity index (χ4v) is 2.64. The van der Waals surface area contributed by atoms with Crippen molar-refractivity contribution in [1.29, 1.82) is 0 Å². The summed E-state index contributed by atoms with van der Waals surface area (Å²) in [5, 5.41) is 0. The molecule has 3 nitrogen and oxygen atoms in total. The highest BCUT2D eigenvalue weighted by Crippen LogP contribution is 2.10. The Morgan fingerprint density at radius 3 is 2.19 bits per heavy atom. The summed E-state index contributed by atoms with van der Waals surface area (Å²) in [6.07, 6.45) is 13.2. The number of ether oxygens (including phenoxy) is 1. The van der Waals surface area contributed by atoms with Crippen LogP contribution in [0.4, 0.5) is 0 Å². The molecule has 138 valence electrons. The van der Waals surface area contributed by atoms with E-state index in [-0.39, 0.29) is 0 Å². The lowest BCUT2D eigenvalue weighted by Crippen LogP contribution is -1.99. The van der Waals surface area contributed by atoms with Crippen LogP contribution in [0.5, 0.6) is 5.75 Å². The third-order valence-electron chi connectivity index (χ3n) is 4.24. The van der Waals surface area contributed by atoms with Crippen LogP contribution >= 0.6 is 0 Å². The summed E-state index contributed by atoms with van der Waals surface area (Å²) in [6, 6.07) is 8.49. The molecule has 0 aliphatic rings. The zero-order valence-corrected chi connectivity index (χ0v) is 16.1. The third kappa shape index (κ3) is 7.70. The Hall–Kier alpha value is -2.34. The van der Waals surface area contributed by atoms with Crippen LogP contribution in [0, 0.1) is 11.8 Å². The topological polar surface area (TPSA) is 35.0 Å². The van der Waals surface area contributed by atoms with Gasteiger partial charge in [0.15, 0.2) is 5.75 Å². The van der Waals surface area contributed by atoms with Crippen LogP contribution in [-0.4, -0.2) is 16.6 Å². The van der Waals surface area contributed by atoms with Crippen LogP contribution in [0.25, 0.3) is 0 Å². The lowest BCUT2D eigenvalue weighted by atomic mass is 10.0. The minimum atomic E-state index is 0.523. The molecule has 1 aromatic carbocycles. The predicted octanol–water partition coefficient (Wildman–Crippen LogP) is 5.57. The monoisotopic (exact) mass is 350 g/mol. The summed E-state index contributed by atoms with van der Waals surface area (Å²) >= 11 is 0. The summed E-state index contributed by atoms with van der Waals surface area (Å²) < 4.78 is 5.61. The van der Waals surface area contributed by atoms with Gasteiger partial charge in [0.1, 0.15) is 0 Å². The minimum absolute atomic E-state index is 0.523. The molecule has 0 unspecified atom stereocenters. The minimum Gasteiger partial charge on any atom is -0.490 e. The highest BCUT2D eigenvalue weighted by molar-refractivity contribution is 5.39. The molecule has 2 aromatic rings. The molecule has 0 saturated carbocycles. The van der Waals surface area contributed by atoms with Gasteiger partial charge in [-0.2, -0.15) is 0 Å². The van der Waals surface area contributed by atoms with Crippen molar-refractivity contribution in [1.82, 2.24) is 9.97 Å². The van der Waals surface area contributed by atoms with Crippen LogP contribution < -0.4 is 4.74 Å². The van der Waals surface area contributed by atoms with Crippen molar-refractivity contribution in [3.8, 4) is 17.6 Å². The molecule has 26 heavy (non-hydrogen) atoms. The molecule has 0 spiro atoms.